The predicted molar refractivity (Wildman–Crippen MR) is 73.3 cm³/mol. The Kier molecular flexibility index (Phi) is 4.12. The minimum absolute atomic E-state index is 0.143. The van der Waals surface area contributed by atoms with Crippen LogP contribution in [0.5, 0.6) is 0 Å². The smallest absolute Gasteiger partial charge is 0.333 e. The van der Waals surface area contributed by atoms with Crippen molar-refractivity contribution in [3.8, 4) is 0 Å². The normalized spacial score (nSPS) is 17.4. The molecular weight excluding hydrogens is 280 g/mol. The zero-order valence-corrected chi connectivity index (χ0v) is 12.0. The maximum Gasteiger partial charge on any atom is 0.333 e. The van der Waals surface area contributed by atoms with E-state index < -0.39 is 16.4 Å². The SMILES string of the molecule is CCn1nc(C)c([N+](=O)[O-])c1NC1(C(=O)O)CCOCC1. The van der Waals surface area contributed by atoms with E-state index in [1.165, 1.54) is 11.6 Å². The highest BCUT2D eigenvalue weighted by atomic mass is 16.6. The first-order chi connectivity index (χ1) is 9.91. The number of anilines is 1. The van der Waals surface area contributed by atoms with E-state index in [4.69, 9.17) is 4.74 Å². The van der Waals surface area contributed by atoms with Crippen LogP contribution in [0.15, 0.2) is 0 Å². The Hall–Kier alpha value is -2.16. The molecular formula is C12H18N4O5. The molecule has 1 aromatic heterocycles. The van der Waals surface area contributed by atoms with Crippen molar-refractivity contribution < 1.29 is 19.6 Å². The third-order valence-electron chi connectivity index (χ3n) is 3.69. The number of nitrogens with zero attached hydrogens (tertiary/aromatic N) is 3. The highest BCUT2D eigenvalue weighted by Crippen LogP contribution is 2.34. The van der Waals surface area contributed by atoms with Crippen LogP contribution in [0, 0.1) is 17.0 Å². The molecule has 0 saturated carbocycles. The number of rotatable bonds is 5. The molecule has 1 fully saturated rings. The molecule has 1 saturated heterocycles. The van der Waals surface area contributed by atoms with E-state index in [1.54, 1.807) is 6.92 Å². The summed E-state index contributed by atoms with van der Waals surface area (Å²) in [5.74, 6) is -0.897. The topological polar surface area (TPSA) is 120 Å². The first-order valence-electron chi connectivity index (χ1n) is 6.72. The second-order valence-electron chi connectivity index (χ2n) is 4.98. The van der Waals surface area contributed by atoms with Crippen LogP contribution in [-0.4, -0.2) is 44.5 Å². The lowest BCUT2D eigenvalue weighted by Gasteiger charge is -2.34. The Morgan fingerprint density at radius 1 is 1.57 bits per heavy atom. The number of carboxylic acids is 1. The minimum Gasteiger partial charge on any atom is -0.480 e. The average molecular weight is 298 g/mol. The lowest BCUT2D eigenvalue weighted by Crippen LogP contribution is -2.51. The number of aromatic nitrogens is 2. The lowest BCUT2D eigenvalue weighted by molar-refractivity contribution is -0.384. The summed E-state index contributed by atoms with van der Waals surface area (Å²) in [5, 5.41) is 27.7. The standard InChI is InChI=1S/C12H18N4O5/c1-3-15-10(9(16(19)20)8(2)14-15)13-12(11(17)18)4-6-21-7-5-12/h13H,3-7H2,1-2H3,(H,17,18). The summed E-state index contributed by atoms with van der Waals surface area (Å²) in [5.41, 5.74) is -1.18. The average Bonchev–Trinajstić information content (AvgIpc) is 2.75. The number of nitrogens with one attached hydrogen (secondary N) is 1. The largest absolute Gasteiger partial charge is 0.480 e. The summed E-state index contributed by atoms with van der Waals surface area (Å²) in [4.78, 5) is 22.3. The van der Waals surface area contributed by atoms with Gasteiger partial charge in [-0.15, -0.1) is 0 Å². The van der Waals surface area contributed by atoms with Crippen LogP contribution in [0.3, 0.4) is 0 Å². The fourth-order valence-corrected chi connectivity index (χ4v) is 2.48. The van der Waals surface area contributed by atoms with E-state index in [0.717, 1.165) is 0 Å². The van der Waals surface area contributed by atoms with E-state index >= 15 is 0 Å². The van der Waals surface area contributed by atoms with Crippen LogP contribution in [0.1, 0.15) is 25.5 Å². The van der Waals surface area contributed by atoms with Gasteiger partial charge >= 0.3 is 11.7 Å². The maximum absolute atomic E-state index is 11.7. The molecule has 0 bridgehead atoms. The number of aliphatic carboxylic acids is 1. The number of carboxylic acid groups (broad SMARTS) is 1. The first-order valence-corrected chi connectivity index (χ1v) is 6.72. The van der Waals surface area contributed by atoms with Gasteiger partial charge in [0.2, 0.25) is 5.82 Å². The number of hydrogen-bond acceptors (Lipinski definition) is 6. The third kappa shape index (κ3) is 2.68. The molecule has 0 atom stereocenters. The number of ether oxygens (including phenoxy) is 1. The number of nitro groups is 1. The summed E-state index contributed by atoms with van der Waals surface area (Å²) in [6.07, 6.45) is 0.487. The van der Waals surface area contributed by atoms with Gasteiger partial charge in [0.1, 0.15) is 11.2 Å². The minimum atomic E-state index is -1.26. The van der Waals surface area contributed by atoms with Crippen LogP contribution in [0.4, 0.5) is 11.5 Å². The van der Waals surface area contributed by atoms with Gasteiger partial charge in [0.25, 0.3) is 0 Å². The molecule has 2 rings (SSSR count). The van der Waals surface area contributed by atoms with Crippen molar-refractivity contribution in [2.24, 2.45) is 0 Å². The Bertz CT molecular complexity index is 562. The van der Waals surface area contributed by atoms with Crippen molar-refractivity contribution in [2.75, 3.05) is 18.5 Å². The Balaban J connectivity index is 2.45. The van der Waals surface area contributed by atoms with Crippen molar-refractivity contribution in [3.05, 3.63) is 15.8 Å². The van der Waals surface area contributed by atoms with Gasteiger partial charge in [0.05, 0.1) is 4.92 Å². The fraction of sp³-hybridized carbons (Fsp3) is 0.667. The van der Waals surface area contributed by atoms with Gasteiger partial charge in [-0.05, 0) is 13.8 Å². The second-order valence-corrected chi connectivity index (χ2v) is 4.98. The summed E-state index contributed by atoms with van der Waals surface area (Å²) < 4.78 is 6.62. The van der Waals surface area contributed by atoms with Crippen LogP contribution in [0.25, 0.3) is 0 Å². The molecule has 0 radical (unpaired) electrons. The number of aryl methyl sites for hydroxylation is 2. The van der Waals surface area contributed by atoms with Crippen molar-refractivity contribution in [1.82, 2.24) is 9.78 Å². The third-order valence-corrected chi connectivity index (χ3v) is 3.69. The molecule has 9 nitrogen and oxygen atoms in total. The van der Waals surface area contributed by atoms with Crippen molar-refractivity contribution in [1.29, 1.82) is 0 Å². The maximum atomic E-state index is 11.7. The van der Waals surface area contributed by atoms with Gasteiger partial charge < -0.3 is 15.2 Å². The highest BCUT2D eigenvalue weighted by Gasteiger charge is 2.43. The van der Waals surface area contributed by atoms with Crippen LogP contribution in [-0.2, 0) is 16.1 Å². The van der Waals surface area contributed by atoms with Crippen molar-refractivity contribution >= 4 is 17.5 Å². The van der Waals surface area contributed by atoms with Gasteiger partial charge in [0.15, 0.2) is 0 Å². The summed E-state index contributed by atoms with van der Waals surface area (Å²) in [6, 6.07) is 0. The molecule has 116 valence electrons. The van der Waals surface area contributed by atoms with E-state index in [0.29, 0.717) is 19.8 Å². The van der Waals surface area contributed by atoms with Crippen LogP contribution < -0.4 is 5.32 Å². The molecule has 2 heterocycles. The molecule has 9 heteroatoms. The zero-order chi connectivity index (χ0) is 15.6. The molecule has 1 aromatic rings. The fourth-order valence-electron chi connectivity index (χ4n) is 2.48. The van der Waals surface area contributed by atoms with Gasteiger partial charge in [-0.25, -0.2) is 9.48 Å². The zero-order valence-electron chi connectivity index (χ0n) is 12.0. The Labute approximate surface area is 121 Å². The van der Waals surface area contributed by atoms with Gasteiger partial charge in [-0.1, -0.05) is 0 Å². The molecule has 1 aliphatic rings. The Morgan fingerprint density at radius 2 is 2.19 bits per heavy atom. The number of hydrogen-bond donors (Lipinski definition) is 2. The molecule has 0 aliphatic carbocycles. The molecule has 2 N–H and O–H groups in total. The molecule has 0 spiro atoms. The predicted octanol–water partition coefficient (Wildman–Crippen LogP) is 1.17. The lowest BCUT2D eigenvalue weighted by atomic mass is 9.90. The monoisotopic (exact) mass is 298 g/mol. The highest BCUT2D eigenvalue weighted by molar-refractivity contribution is 5.83. The number of carbonyl (C=O) groups is 1. The first kappa shape index (κ1) is 15.2. The van der Waals surface area contributed by atoms with E-state index in [-0.39, 0.29) is 30.0 Å². The summed E-state index contributed by atoms with van der Waals surface area (Å²) in [6.45, 7) is 4.33. The quantitative estimate of drug-likeness (QED) is 0.618. The van der Waals surface area contributed by atoms with Gasteiger partial charge in [-0.2, -0.15) is 5.10 Å². The molecule has 0 amide bonds. The molecule has 21 heavy (non-hydrogen) atoms. The van der Waals surface area contributed by atoms with Gasteiger partial charge in [0, 0.05) is 32.6 Å². The van der Waals surface area contributed by atoms with Gasteiger partial charge in [-0.3, -0.25) is 10.1 Å². The molecule has 0 aromatic carbocycles. The van der Waals surface area contributed by atoms with E-state index in [1.807, 2.05) is 0 Å². The Morgan fingerprint density at radius 3 is 2.67 bits per heavy atom. The van der Waals surface area contributed by atoms with Crippen molar-refractivity contribution in [3.63, 3.8) is 0 Å². The van der Waals surface area contributed by atoms with E-state index in [9.17, 15) is 20.0 Å². The second kappa shape index (κ2) is 5.68. The van der Waals surface area contributed by atoms with E-state index in [2.05, 4.69) is 10.4 Å². The van der Waals surface area contributed by atoms with Crippen LogP contribution in [0.2, 0.25) is 0 Å². The molecule has 1 aliphatic heterocycles. The molecule has 0 unspecified atom stereocenters. The summed E-state index contributed by atoms with van der Waals surface area (Å²) >= 11 is 0. The summed E-state index contributed by atoms with van der Waals surface area (Å²) in [7, 11) is 0. The van der Waals surface area contributed by atoms with Crippen molar-refractivity contribution in [2.45, 2.75) is 38.8 Å². The van der Waals surface area contributed by atoms with Crippen LogP contribution >= 0.6 is 0 Å².